The van der Waals surface area contributed by atoms with Gasteiger partial charge in [0.15, 0.2) is 11.5 Å². The molecule has 1 atom stereocenters. The molecule has 190 valence electrons. The topological polar surface area (TPSA) is 69.7 Å². The summed E-state index contributed by atoms with van der Waals surface area (Å²) >= 11 is 5.98. The van der Waals surface area contributed by atoms with Crippen LogP contribution in [0.3, 0.4) is 0 Å². The van der Waals surface area contributed by atoms with E-state index in [4.69, 9.17) is 26.1 Å². The highest BCUT2D eigenvalue weighted by Crippen LogP contribution is 2.43. The summed E-state index contributed by atoms with van der Waals surface area (Å²) in [6, 6.07) is 12.0. The van der Waals surface area contributed by atoms with Gasteiger partial charge in [-0.3, -0.25) is 4.79 Å². The number of nitrogens with one attached hydrogen (secondary N) is 1. The van der Waals surface area contributed by atoms with Gasteiger partial charge >= 0.3 is 6.61 Å². The van der Waals surface area contributed by atoms with E-state index in [-0.39, 0.29) is 33.9 Å². The zero-order valence-electron chi connectivity index (χ0n) is 19.6. The fraction of sp³-hybridized carbons (Fsp3) is 0.308. The number of amides is 1. The Morgan fingerprint density at radius 1 is 1.06 bits per heavy atom. The molecule has 1 aromatic heterocycles. The van der Waals surface area contributed by atoms with Crippen molar-refractivity contribution in [1.29, 1.82) is 0 Å². The van der Waals surface area contributed by atoms with E-state index in [0.29, 0.717) is 29.5 Å². The van der Waals surface area contributed by atoms with Crippen LogP contribution in [-0.4, -0.2) is 38.3 Å². The van der Waals surface area contributed by atoms with Gasteiger partial charge in [-0.05, 0) is 67.3 Å². The lowest BCUT2D eigenvalue weighted by molar-refractivity contribution is -0.0512. The van der Waals surface area contributed by atoms with Crippen molar-refractivity contribution >= 4 is 17.5 Å². The average molecular weight is 521 g/mol. The van der Waals surface area contributed by atoms with E-state index in [9.17, 15) is 18.0 Å². The molecule has 1 fully saturated rings. The molecule has 0 aliphatic heterocycles. The predicted octanol–water partition coefficient (Wildman–Crippen LogP) is 6.08. The molecule has 6 nitrogen and oxygen atoms in total. The second-order valence-corrected chi connectivity index (χ2v) is 8.72. The largest absolute Gasteiger partial charge is 0.494 e. The van der Waals surface area contributed by atoms with Gasteiger partial charge in [-0.2, -0.15) is 8.78 Å². The maximum Gasteiger partial charge on any atom is 0.387 e. The molecular formula is C26H24ClF3N2O4. The lowest BCUT2D eigenvalue weighted by atomic mass is 9.97. The smallest absolute Gasteiger partial charge is 0.387 e. The number of nitrogens with zero attached hydrogens (tertiary/aromatic N) is 1. The van der Waals surface area contributed by atoms with Crippen molar-refractivity contribution in [3.8, 4) is 28.5 Å². The van der Waals surface area contributed by atoms with Crippen LogP contribution in [0.4, 0.5) is 13.2 Å². The van der Waals surface area contributed by atoms with Gasteiger partial charge in [-0.1, -0.05) is 11.6 Å². The third kappa shape index (κ3) is 5.84. The number of hydrogen-bond donors (Lipinski definition) is 1. The molecule has 36 heavy (non-hydrogen) atoms. The molecule has 1 aliphatic carbocycles. The molecule has 1 aliphatic rings. The minimum Gasteiger partial charge on any atom is -0.494 e. The van der Waals surface area contributed by atoms with Gasteiger partial charge in [-0.15, -0.1) is 0 Å². The first-order valence-electron chi connectivity index (χ1n) is 11.2. The van der Waals surface area contributed by atoms with Crippen molar-refractivity contribution in [3.05, 3.63) is 70.6 Å². The summed E-state index contributed by atoms with van der Waals surface area (Å²) in [5, 5.41) is 2.89. The van der Waals surface area contributed by atoms with Crippen LogP contribution in [0, 0.1) is 11.7 Å². The zero-order chi connectivity index (χ0) is 25.8. The van der Waals surface area contributed by atoms with Gasteiger partial charge in [0, 0.05) is 29.3 Å². The number of benzene rings is 2. The second-order valence-electron chi connectivity index (χ2n) is 8.31. The van der Waals surface area contributed by atoms with E-state index < -0.39 is 12.4 Å². The normalized spacial score (nSPS) is 13.9. The SMILES string of the molecule is COc1cc(C(=O)NCC(c2ccc(OC)c(-c3ccc(F)c(Cl)c3)n2)C2CC2)ccc1OC(F)F. The maximum atomic E-state index is 13.7. The molecule has 3 aromatic rings. The Labute approximate surface area is 211 Å². The van der Waals surface area contributed by atoms with E-state index in [1.165, 1.54) is 44.6 Å². The number of alkyl halides is 2. The highest BCUT2D eigenvalue weighted by atomic mass is 35.5. The second kappa shape index (κ2) is 11.1. The molecule has 0 bridgehead atoms. The van der Waals surface area contributed by atoms with Gasteiger partial charge < -0.3 is 19.5 Å². The molecule has 10 heteroatoms. The number of ether oxygens (including phenoxy) is 3. The Morgan fingerprint density at radius 3 is 2.42 bits per heavy atom. The molecule has 0 saturated heterocycles. The Hall–Kier alpha value is -3.46. The number of carbonyl (C=O) groups is 1. The van der Waals surface area contributed by atoms with Gasteiger partial charge in [0.25, 0.3) is 5.91 Å². The van der Waals surface area contributed by atoms with Crippen molar-refractivity contribution in [2.24, 2.45) is 5.92 Å². The van der Waals surface area contributed by atoms with Crippen molar-refractivity contribution in [3.63, 3.8) is 0 Å². The molecular weight excluding hydrogens is 497 g/mol. The molecule has 0 radical (unpaired) electrons. The maximum absolute atomic E-state index is 13.7. The van der Waals surface area contributed by atoms with Crippen LogP contribution in [0.5, 0.6) is 17.2 Å². The number of halogens is 4. The quantitative estimate of drug-likeness (QED) is 0.351. The average Bonchev–Trinajstić information content (AvgIpc) is 3.71. The summed E-state index contributed by atoms with van der Waals surface area (Å²) in [7, 11) is 2.83. The highest BCUT2D eigenvalue weighted by molar-refractivity contribution is 6.31. The minimum atomic E-state index is -3.01. The molecule has 2 aromatic carbocycles. The van der Waals surface area contributed by atoms with Crippen LogP contribution in [0.1, 0.15) is 34.8 Å². The highest BCUT2D eigenvalue weighted by Gasteiger charge is 2.34. The fourth-order valence-corrected chi connectivity index (χ4v) is 4.18. The number of aromatic nitrogens is 1. The first-order chi connectivity index (χ1) is 17.3. The monoisotopic (exact) mass is 520 g/mol. The van der Waals surface area contributed by atoms with Crippen molar-refractivity contribution < 1.29 is 32.2 Å². The van der Waals surface area contributed by atoms with Crippen molar-refractivity contribution in [2.45, 2.75) is 25.4 Å². The van der Waals surface area contributed by atoms with Crippen molar-refractivity contribution in [1.82, 2.24) is 10.3 Å². The number of methoxy groups -OCH3 is 2. The molecule has 1 saturated carbocycles. The molecule has 1 N–H and O–H groups in total. The molecule has 1 heterocycles. The molecule has 0 spiro atoms. The summed E-state index contributed by atoms with van der Waals surface area (Å²) in [4.78, 5) is 17.6. The zero-order valence-corrected chi connectivity index (χ0v) is 20.3. The number of rotatable bonds is 10. The van der Waals surface area contributed by atoms with Gasteiger partial charge in [0.2, 0.25) is 0 Å². The van der Waals surface area contributed by atoms with E-state index in [2.05, 4.69) is 10.1 Å². The Morgan fingerprint density at radius 2 is 1.78 bits per heavy atom. The van der Waals surface area contributed by atoms with Crippen LogP contribution >= 0.6 is 11.6 Å². The summed E-state index contributed by atoms with van der Waals surface area (Å²) < 4.78 is 53.8. The van der Waals surface area contributed by atoms with Crippen LogP contribution in [0.2, 0.25) is 5.02 Å². The van der Waals surface area contributed by atoms with Crippen LogP contribution in [0.25, 0.3) is 11.3 Å². The van der Waals surface area contributed by atoms with Crippen LogP contribution in [-0.2, 0) is 0 Å². The molecule has 1 unspecified atom stereocenters. The summed E-state index contributed by atoms with van der Waals surface area (Å²) in [6.45, 7) is -2.70. The standard InChI is InChI=1S/C26H24ClF3N2O4/c1-34-22-10-8-20(32-24(22)15-5-7-19(28)18(27)11-15)17(14-3-4-14)13-31-25(33)16-6-9-21(36-26(29)30)23(12-16)35-2/h5-12,14,17,26H,3-4,13H2,1-2H3,(H,31,33). The Bertz CT molecular complexity index is 1250. The van der Waals surface area contributed by atoms with E-state index >= 15 is 0 Å². The summed E-state index contributed by atoms with van der Waals surface area (Å²) in [5.74, 6) is -0.263. The van der Waals surface area contributed by atoms with Crippen LogP contribution < -0.4 is 19.5 Å². The van der Waals surface area contributed by atoms with Gasteiger partial charge in [0.05, 0.1) is 19.2 Å². The number of hydrogen-bond acceptors (Lipinski definition) is 5. The fourth-order valence-electron chi connectivity index (χ4n) is 4.00. The third-order valence-corrected chi connectivity index (χ3v) is 6.28. The van der Waals surface area contributed by atoms with E-state index in [1.807, 2.05) is 6.07 Å². The predicted molar refractivity (Wildman–Crippen MR) is 129 cm³/mol. The lowest BCUT2D eigenvalue weighted by Gasteiger charge is -2.19. The van der Waals surface area contributed by atoms with E-state index in [0.717, 1.165) is 18.5 Å². The van der Waals surface area contributed by atoms with Gasteiger partial charge in [-0.25, -0.2) is 9.37 Å². The Kier molecular flexibility index (Phi) is 7.88. The van der Waals surface area contributed by atoms with Crippen molar-refractivity contribution in [2.75, 3.05) is 20.8 Å². The first-order valence-corrected chi connectivity index (χ1v) is 11.6. The summed E-state index contributed by atoms with van der Waals surface area (Å²) in [6.07, 6.45) is 2.00. The van der Waals surface area contributed by atoms with E-state index in [1.54, 1.807) is 12.1 Å². The Balaban J connectivity index is 1.55. The number of pyridine rings is 1. The summed E-state index contributed by atoms with van der Waals surface area (Å²) in [5.41, 5.74) is 2.13. The van der Waals surface area contributed by atoms with Crippen LogP contribution in [0.15, 0.2) is 48.5 Å². The lowest BCUT2D eigenvalue weighted by Crippen LogP contribution is -2.29. The molecule has 4 rings (SSSR count). The third-order valence-electron chi connectivity index (χ3n) is 5.99. The first kappa shape index (κ1) is 25.6. The molecule has 1 amide bonds. The number of carbonyl (C=O) groups excluding carboxylic acids is 1. The van der Waals surface area contributed by atoms with Gasteiger partial charge in [0.1, 0.15) is 17.3 Å². The minimum absolute atomic E-state index is 0.0202.